The fourth-order valence-electron chi connectivity index (χ4n) is 2.57. The monoisotopic (exact) mass is 299 g/mol. The molecule has 2 N–H and O–H groups in total. The van der Waals surface area contributed by atoms with E-state index in [9.17, 15) is 0 Å². The molecule has 0 radical (unpaired) electrons. The van der Waals surface area contributed by atoms with Gasteiger partial charge in [0, 0.05) is 34.7 Å². The van der Waals surface area contributed by atoms with Gasteiger partial charge in [0.2, 0.25) is 0 Å². The van der Waals surface area contributed by atoms with Crippen LogP contribution in [0.5, 0.6) is 0 Å². The topological polar surface area (TPSA) is 40.7 Å². The molecular weight excluding hydrogens is 278 g/mol. The SMILES string of the molecule is Cc1csc(CCCCNCc2cccc3[nH]ccc23)n1. The highest BCUT2D eigenvalue weighted by Gasteiger charge is 2.01. The molecule has 0 unspecified atom stereocenters. The number of hydrogen-bond acceptors (Lipinski definition) is 3. The lowest BCUT2D eigenvalue weighted by atomic mass is 10.1. The highest BCUT2D eigenvalue weighted by atomic mass is 32.1. The Labute approximate surface area is 129 Å². The van der Waals surface area contributed by atoms with Gasteiger partial charge in [0.05, 0.1) is 5.01 Å². The Bertz CT molecular complexity index is 699. The standard InChI is InChI=1S/C17H21N3S/c1-13-12-21-17(20-13)7-2-3-9-18-11-14-5-4-6-16-15(14)8-10-19-16/h4-6,8,10,12,18-19H,2-3,7,9,11H2,1H3. The number of rotatable bonds is 7. The molecule has 0 saturated carbocycles. The number of H-pyrrole nitrogens is 1. The van der Waals surface area contributed by atoms with Crippen molar-refractivity contribution in [3.8, 4) is 0 Å². The lowest BCUT2D eigenvalue weighted by molar-refractivity contribution is 0.623. The van der Waals surface area contributed by atoms with Crippen LogP contribution < -0.4 is 5.32 Å². The highest BCUT2D eigenvalue weighted by Crippen LogP contribution is 2.17. The zero-order chi connectivity index (χ0) is 14.5. The minimum Gasteiger partial charge on any atom is -0.361 e. The van der Waals surface area contributed by atoms with E-state index in [1.54, 1.807) is 11.3 Å². The van der Waals surface area contributed by atoms with E-state index >= 15 is 0 Å². The maximum Gasteiger partial charge on any atom is 0.0928 e. The fourth-order valence-corrected chi connectivity index (χ4v) is 3.39. The maximum absolute atomic E-state index is 4.50. The second kappa shape index (κ2) is 6.87. The summed E-state index contributed by atoms with van der Waals surface area (Å²) in [4.78, 5) is 7.76. The predicted molar refractivity (Wildman–Crippen MR) is 89.8 cm³/mol. The van der Waals surface area contributed by atoms with Crippen LogP contribution in [0.25, 0.3) is 10.9 Å². The van der Waals surface area contributed by atoms with Gasteiger partial charge < -0.3 is 10.3 Å². The summed E-state index contributed by atoms with van der Waals surface area (Å²) in [5.74, 6) is 0. The quantitative estimate of drug-likeness (QED) is 0.646. The minimum absolute atomic E-state index is 0.936. The van der Waals surface area contributed by atoms with Gasteiger partial charge in [0.15, 0.2) is 0 Å². The normalized spacial score (nSPS) is 11.3. The third kappa shape index (κ3) is 3.71. The van der Waals surface area contributed by atoms with Crippen LogP contribution >= 0.6 is 11.3 Å². The van der Waals surface area contributed by atoms with E-state index in [-0.39, 0.29) is 0 Å². The molecule has 0 fully saturated rings. The van der Waals surface area contributed by atoms with Crippen LogP contribution in [0.15, 0.2) is 35.8 Å². The molecule has 1 aromatic carbocycles. The number of nitrogens with one attached hydrogen (secondary N) is 2. The molecule has 0 aliphatic heterocycles. The van der Waals surface area contributed by atoms with Crippen molar-refractivity contribution in [3.63, 3.8) is 0 Å². The summed E-state index contributed by atoms with van der Waals surface area (Å²) in [6, 6.07) is 8.58. The Kier molecular flexibility index (Phi) is 4.68. The van der Waals surface area contributed by atoms with Crippen LogP contribution in [0.2, 0.25) is 0 Å². The average Bonchev–Trinajstić information content (AvgIpc) is 3.11. The van der Waals surface area contributed by atoms with Gasteiger partial charge in [-0.2, -0.15) is 0 Å². The first kappa shape index (κ1) is 14.3. The zero-order valence-corrected chi connectivity index (χ0v) is 13.2. The van der Waals surface area contributed by atoms with Crippen molar-refractivity contribution in [2.75, 3.05) is 6.54 Å². The average molecular weight is 299 g/mol. The van der Waals surface area contributed by atoms with E-state index in [1.807, 2.05) is 6.20 Å². The number of aryl methyl sites for hydroxylation is 2. The third-order valence-corrected chi connectivity index (χ3v) is 4.69. The van der Waals surface area contributed by atoms with Gasteiger partial charge >= 0.3 is 0 Å². The molecule has 110 valence electrons. The Hall–Kier alpha value is -1.65. The second-order valence-corrected chi connectivity index (χ2v) is 6.32. The molecule has 2 heterocycles. The minimum atomic E-state index is 0.936. The molecule has 4 heteroatoms. The molecular formula is C17H21N3S. The number of unbranched alkanes of at least 4 members (excludes halogenated alkanes) is 1. The lowest BCUT2D eigenvalue weighted by Gasteiger charge is -2.06. The third-order valence-electron chi connectivity index (χ3n) is 3.66. The number of nitrogens with zero attached hydrogens (tertiary/aromatic N) is 1. The molecule has 2 aromatic heterocycles. The Morgan fingerprint density at radius 3 is 3.05 bits per heavy atom. The summed E-state index contributed by atoms with van der Waals surface area (Å²) in [6.45, 7) is 4.06. The van der Waals surface area contributed by atoms with Crippen molar-refractivity contribution in [2.24, 2.45) is 0 Å². The Morgan fingerprint density at radius 2 is 2.19 bits per heavy atom. The van der Waals surface area contributed by atoms with Gasteiger partial charge in [-0.05, 0) is 50.4 Å². The van der Waals surface area contributed by atoms with E-state index in [1.165, 1.54) is 34.3 Å². The molecule has 21 heavy (non-hydrogen) atoms. The van der Waals surface area contributed by atoms with Crippen molar-refractivity contribution in [1.82, 2.24) is 15.3 Å². The first-order chi connectivity index (χ1) is 10.3. The second-order valence-electron chi connectivity index (χ2n) is 5.37. The molecule has 0 saturated heterocycles. The fraction of sp³-hybridized carbons (Fsp3) is 0.353. The lowest BCUT2D eigenvalue weighted by Crippen LogP contribution is -2.14. The van der Waals surface area contributed by atoms with E-state index in [2.05, 4.69) is 51.9 Å². The van der Waals surface area contributed by atoms with Crippen LogP contribution in [0.1, 0.15) is 29.1 Å². The maximum atomic E-state index is 4.50. The number of aromatic amines is 1. The van der Waals surface area contributed by atoms with Gasteiger partial charge in [-0.25, -0.2) is 4.98 Å². The van der Waals surface area contributed by atoms with Gasteiger partial charge in [-0.15, -0.1) is 11.3 Å². The molecule has 0 amide bonds. The first-order valence-electron chi connectivity index (χ1n) is 7.49. The summed E-state index contributed by atoms with van der Waals surface area (Å²) in [5.41, 5.74) is 3.73. The number of fused-ring (bicyclic) bond motifs is 1. The van der Waals surface area contributed by atoms with Gasteiger partial charge in [0.1, 0.15) is 0 Å². The molecule has 3 nitrogen and oxygen atoms in total. The highest BCUT2D eigenvalue weighted by molar-refractivity contribution is 7.09. The summed E-state index contributed by atoms with van der Waals surface area (Å²) in [6.07, 6.45) is 5.51. The van der Waals surface area contributed by atoms with Crippen molar-refractivity contribution in [1.29, 1.82) is 0 Å². The van der Waals surface area contributed by atoms with Crippen molar-refractivity contribution in [3.05, 3.63) is 52.1 Å². The van der Waals surface area contributed by atoms with Crippen LogP contribution in [0, 0.1) is 6.92 Å². The molecule has 0 aliphatic rings. The largest absolute Gasteiger partial charge is 0.361 e. The van der Waals surface area contributed by atoms with E-state index < -0.39 is 0 Å². The first-order valence-corrected chi connectivity index (χ1v) is 8.37. The van der Waals surface area contributed by atoms with E-state index in [0.717, 1.165) is 25.2 Å². The zero-order valence-electron chi connectivity index (χ0n) is 12.4. The van der Waals surface area contributed by atoms with Crippen molar-refractivity contribution >= 4 is 22.2 Å². The van der Waals surface area contributed by atoms with E-state index in [0.29, 0.717) is 0 Å². The summed E-state index contributed by atoms with van der Waals surface area (Å²) < 4.78 is 0. The van der Waals surface area contributed by atoms with Gasteiger partial charge in [-0.3, -0.25) is 0 Å². The molecule has 0 spiro atoms. The van der Waals surface area contributed by atoms with Crippen LogP contribution in [0.4, 0.5) is 0 Å². The Morgan fingerprint density at radius 1 is 1.24 bits per heavy atom. The Balaban J connectivity index is 1.39. The van der Waals surface area contributed by atoms with Gasteiger partial charge in [0.25, 0.3) is 0 Å². The smallest absolute Gasteiger partial charge is 0.0928 e. The number of thiazole rings is 1. The summed E-state index contributed by atoms with van der Waals surface area (Å²) in [7, 11) is 0. The van der Waals surface area contributed by atoms with Crippen LogP contribution in [-0.2, 0) is 13.0 Å². The summed E-state index contributed by atoms with van der Waals surface area (Å²) in [5, 5.41) is 8.26. The van der Waals surface area contributed by atoms with Crippen molar-refractivity contribution in [2.45, 2.75) is 32.7 Å². The molecule has 0 aliphatic carbocycles. The van der Waals surface area contributed by atoms with Crippen LogP contribution in [-0.4, -0.2) is 16.5 Å². The predicted octanol–water partition coefficient (Wildman–Crippen LogP) is 4.05. The number of aromatic nitrogens is 2. The van der Waals surface area contributed by atoms with Gasteiger partial charge in [-0.1, -0.05) is 12.1 Å². The van der Waals surface area contributed by atoms with E-state index in [4.69, 9.17) is 0 Å². The molecule has 0 atom stereocenters. The van der Waals surface area contributed by atoms with Crippen molar-refractivity contribution < 1.29 is 0 Å². The molecule has 0 bridgehead atoms. The molecule has 3 rings (SSSR count). The summed E-state index contributed by atoms with van der Waals surface area (Å²) >= 11 is 1.78. The van der Waals surface area contributed by atoms with Crippen LogP contribution in [0.3, 0.4) is 0 Å². The molecule has 3 aromatic rings. The number of benzene rings is 1. The number of hydrogen-bond donors (Lipinski definition) is 2.